The normalized spacial score (nSPS) is 12.9. The first-order valence-electron chi connectivity index (χ1n) is 6.23. The van der Waals surface area contributed by atoms with Crippen molar-refractivity contribution in [1.82, 2.24) is 0 Å². The van der Waals surface area contributed by atoms with Crippen molar-refractivity contribution in [3.63, 3.8) is 0 Å². The van der Waals surface area contributed by atoms with Gasteiger partial charge in [0.25, 0.3) is 0 Å². The van der Waals surface area contributed by atoms with Crippen LogP contribution in [0, 0.1) is 0 Å². The van der Waals surface area contributed by atoms with E-state index in [9.17, 15) is 0 Å². The van der Waals surface area contributed by atoms with Crippen molar-refractivity contribution in [2.75, 3.05) is 13.2 Å². The number of furan rings is 1. The highest BCUT2D eigenvalue weighted by molar-refractivity contribution is 5.02. The molecule has 3 heteroatoms. The fourth-order valence-electron chi connectivity index (χ4n) is 1.67. The molecule has 2 N–H and O–H groups in total. The summed E-state index contributed by atoms with van der Waals surface area (Å²) in [6.07, 6.45) is 7.81. The van der Waals surface area contributed by atoms with Gasteiger partial charge in [0.15, 0.2) is 0 Å². The van der Waals surface area contributed by atoms with E-state index in [1.807, 2.05) is 12.1 Å². The van der Waals surface area contributed by atoms with Crippen LogP contribution in [-0.2, 0) is 4.74 Å². The first-order chi connectivity index (χ1) is 7.88. The molecule has 0 amide bonds. The minimum absolute atomic E-state index is 0.0822. The fraction of sp³-hybridized carbons (Fsp3) is 0.692. The predicted molar refractivity (Wildman–Crippen MR) is 65.2 cm³/mol. The van der Waals surface area contributed by atoms with Crippen LogP contribution in [0.2, 0.25) is 0 Å². The van der Waals surface area contributed by atoms with Crippen LogP contribution in [0.1, 0.15) is 50.9 Å². The smallest absolute Gasteiger partial charge is 0.133 e. The van der Waals surface area contributed by atoms with Gasteiger partial charge in [0.1, 0.15) is 11.9 Å². The van der Waals surface area contributed by atoms with E-state index in [-0.39, 0.29) is 6.10 Å². The van der Waals surface area contributed by atoms with Crippen molar-refractivity contribution >= 4 is 0 Å². The van der Waals surface area contributed by atoms with E-state index in [0.29, 0.717) is 6.54 Å². The van der Waals surface area contributed by atoms with Crippen molar-refractivity contribution in [3.8, 4) is 0 Å². The lowest BCUT2D eigenvalue weighted by Gasteiger charge is -2.13. The average Bonchev–Trinajstić information content (AvgIpc) is 2.82. The molecule has 92 valence electrons. The molecule has 1 unspecified atom stereocenters. The molecule has 0 fully saturated rings. The van der Waals surface area contributed by atoms with E-state index in [1.54, 1.807) is 6.26 Å². The summed E-state index contributed by atoms with van der Waals surface area (Å²) < 4.78 is 11.0. The van der Waals surface area contributed by atoms with Gasteiger partial charge in [-0.1, -0.05) is 32.6 Å². The topological polar surface area (TPSA) is 48.4 Å². The van der Waals surface area contributed by atoms with Gasteiger partial charge >= 0.3 is 0 Å². The lowest BCUT2D eigenvalue weighted by atomic mass is 10.2. The summed E-state index contributed by atoms with van der Waals surface area (Å²) in [4.78, 5) is 0. The van der Waals surface area contributed by atoms with Crippen molar-refractivity contribution in [2.24, 2.45) is 5.73 Å². The summed E-state index contributed by atoms with van der Waals surface area (Å²) in [6.45, 7) is 3.46. The number of unbranched alkanes of at least 4 members (excludes halogenated alkanes) is 4. The second-order valence-corrected chi connectivity index (χ2v) is 4.02. The van der Waals surface area contributed by atoms with Gasteiger partial charge in [-0.15, -0.1) is 0 Å². The molecule has 0 aliphatic rings. The van der Waals surface area contributed by atoms with Gasteiger partial charge in [-0.05, 0) is 18.6 Å². The fourth-order valence-corrected chi connectivity index (χ4v) is 1.67. The Morgan fingerprint density at radius 1 is 1.31 bits per heavy atom. The zero-order valence-corrected chi connectivity index (χ0v) is 10.2. The third-order valence-electron chi connectivity index (χ3n) is 2.64. The molecule has 0 bridgehead atoms. The number of nitrogens with two attached hydrogens (primary N) is 1. The highest BCUT2D eigenvalue weighted by Gasteiger charge is 2.11. The number of hydrogen-bond acceptors (Lipinski definition) is 3. The number of ether oxygens (including phenoxy) is 1. The van der Waals surface area contributed by atoms with Gasteiger partial charge in [0.05, 0.1) is 6.26 Å². The van der Waals surface area contributed by atoms with Crippen LogP contribution in [0.15, 0.2) is 22.8 Å². The molecular weight excluding hydrogens is 202 g/mol. The lowest BCUT2D eigenvalue weighted by Crippen LogP contribution is -2.15. The molecule has 1 atom stereocenters. The summed E-state index contributed by atoms with van der Waals surface area (Å²) >= 11 is 0. The lowest BCUT2D eigenvalue weighted by molar-refractivity contribution is 0.0412. The molecule has 0 saturated carbocycles. The van der Waals surface area contributed by atoms with Gasteiger partial charge in [-0.2, -0.15) is 0 Å². The quantitative estimate of drug-likeness (QED) is 0.656. The van der Waals surface area contributed by atoms with E-state index >= 15 is 0 Å². The molecule has 16 heavy (non-hydrogen) atoms. The molecule has 0 aliphatic heterocycles. The van der Waals surface area contributed by atoms with Crippen molar-refractivity contribution in [1.29, 1.82) is 0 Å². The Hall–Kier alpha value is -0.800. The average molecular weight is 225 g/mol. The van der Waals surface area contributed by atoms with E-state index in [1.165, 1.54) is 25.7 Å². The molecule has 1 heterocycles. The molecule has 0 aliphatic carbocycles. The van der Waals surface area contributed by atoms with Crippen LogP contribution in [0.5, 0.6) is 0 Å². The molecule has 0 saturated heterocycles. The first-order valence-corrected chi connectivity index (χ1v) is 6.23. The molecule has 1 aromatic heterocycles. The second-order valence-electron chi connectivity index (χ2n) is 4.02. The molecular formula is C13H23NO2. The van der Waals surface area contributed by atoms with Gasteiger partial charge in [0, 0.05) is 13.2 Å². The highest BCUT2D eigenvalue weighted by atomic mass is 16.5. The Bertz CT molecular complexity index is 246. The Labute approximate surface area is 98.0 Å². The minimum Gasteiger partial charge on any atom is -0.467 e. The summed E-state index contributed by atoms with van der Waals surface area (Å²) in [5.74, 6) is 0.830. The van der Waals surface area contributed by atoms with Gasteiger partial charge in [-0.3, -0.25) is 0 Å². The summed E-state index contributed by atoms with van der Waals surface area (Å²) in [5, 5.41) is 0. The Balaban J connectivity index is 2.11. The SMILES string of the molecule is CCCCCCCOC(CN)c1ccco1. The van der Waals surface area contributed by atoms with Gasteiger partial charge in [-0.25, -0.2) is 0 Å². The van der Waals surface area contributed by atoms with Crippen molar-refractivity contribution in [3.05, 3.63) is 24.2 Å². The summed E-state index contributed by atoms with van der Waals surface area (Å²) in [7, 11) is 0. The minimum atomic E-state index is -0.0822. The molecule has 0 radical (unpaired) electrons. The third-order valence-corrected chi connectivity index (χ3v) is 2.64. The van der Waals surface area contributed by atoms with Crippen molar-refractivity contribution in [2.45, 2.75) is 45.1 Å². The monoisotopic (exact) mass is 225 g/mol. The standard InChI is InChI=1S/C13H23NO2/c1-2-3-4-5-6-9-16-13(11-14)12-8-7-10-15-12/h7-8,10,13H,2-6,9,11,14H2,1H3. The van der Waals surface area contributed by atoms with Crippen LogP contribution < -0.4 is 5.73 Å². The predicted octanol–water partition coefficient (Wildman–Crippen LogP) is 3.27. The molecule has 0 spiro atoms. The Morgan fingerprint density at radius 3 is 2.75 bits per heavy atom. The van der Waals surface area contributed by atoms with Crippen molar-refractivity contribution < 1.29 is 9.15 Å². The second kappa shape index (κ2) is 8.36. The van der Waals surface area contributed by atoms with E-state index in [2.05, 4.69) is 6.92 Å². The van der Waals surface area contributed by atoms with E-state index in [0.717, 1.165) is 18.8 Å². The summed E-state index contributed by atoms with van der Waals surface area (Å²) in [6, 6.07) is 3.78. The Kier molecular flexibility index (Phi) is 6.93. The first kappa shape index (κ1) is 13.3. The van der Waals surface area contributed by atoms with Crippen LogP contribution in [0.4, 0.5) is 0 Å². The Morgan fingerprint density at radius 2 is 2.12 bits per heavy atom. The molecule has 3 nitrogen and oxygen atoms in total. The number of rotatable bonds is 9. The number of hydrogen-bond donors (Lipinski definition) is 1. The van der Waals surface area contributed by atoms with Crippen LogP contribution in [0.3, 0.4) is 0 Å². The van der Waals surface area contributed by atoms with Crippen LogP contribution >= 0.6 is 0 Å². The van der Waals surface area contributed by atoms with Gasteiger partial charge in [0.2, 0.25) is 0 Å². The summed E-state index contributed by atoms with van der Waals surface area (Å²) in [5.41, 5.74) is 5.64. The maximum absolute atomic E-state index is 5.70. The van der Waals surface area contributed by atoms with Gasteiger partial charge < -0.3 is 14.9 Å². The van der Waals surface area contributed by atoms with Crippen LogP contribution in [-0.4, -0.2) is 13.2 Å². The van der Waals surface area contributed by atoms with E-state index in [4.69, 9.17) is 14.9 Å². The zero-order chi connectivity index (χ0) is 11.6. The maximum Gasteiger partial charge on any atom is 0.133 e. The zero-order valence-electron chi connectivity index (χ0n) is 10.2. The molecule has 1 aromatic rings. The molecule has 1 rings (SSSR count). The maximum atomic E-state index is 5.70. The van der Waals surface area contributed by atoms with Crippen LogP contribution in [0.25, 0.3) is 0 Å². The third kappa shape index (κ3) is 4.81. The van der Waals surface area contributed by atoms with E-state index < -0.39 is 0 Å². The largest absolute Gasteiger partial charge is 0.467 e. The molecule has 0 aromatic carbocycles. The highest BCUT2D eigenvalue weighted by Crippen LogP contribution is 2.17.